The first-order chi connectivity index (χ1) is 11.7. The topological polar surface area (TPSA) is 65.4 Å². The molecule has 2 heterocycles. The number of nitrogens with zero attached hydrogens (tertiary/aromatic N) is 2. The van der Waals surface area contributed by atoms with Gasteiger partial charge >= 0.3 is 0 Å². The number of ether oxygens (including phenoxy) is 2. The van der Waals surface area contributed by atoms with Crippen molar-refractivity contribution < 1.29 is 14.3 Å². The average molecular weight is 329 g/mol. The third-order valence-electron chi connectivity index (χ3n) is 4.41. The number of rotatable bonds is 6. The number of carbonyl (C=O) groups is 1. The minimum Gasteiger partial charge on any atom is -0.493 e. The van der Waals surface area contributed by atoms with Gasteiger partial charge in [-0.05, 0) is 24.5 Å². The lowest BCUT2D eigenvalue weighted by Crippen LogP contribution is -2.40. The lowest BCUT2D eigenvalue weighted by molar-refractivity contribution is -0.122. The number of para-hydroxylation sites is 1. The van der Waals surface area contributed by atoms with Crippen LogP contribution in [0.5, 0.6) is 11.5 Å². The molecule has 1 aromatic carbocycles. The van der Waals surface area contributed by atoms with E-state index >= 15 is 0 Å². The summed E-state index contributed by atoms with van der Waals surface area (Å²) in [7, 11) is 3.23. The molecule has 2 aromatic rings. The van der Waals surface area contributed by atoms with Crippen LogP contribution in [0.15, 0.2) is 30.6 Å². The Morgan fingerprint density at radius 2 is 2.25 bits per heavy atom. The van der Waals surface area contributed by atoms with Gasteiger partial charge in [0.25, 0.3) is 0 Å². The van der Waals surface area contributed by atoms with Crippen LogP contribution in [0.2, 0.25) is 0 Å². The molecule has 1 amide bonds. The molecule has 0 saturated heterocycles. The maximum absolute atomic E-state index is 12.3. The SMILES string of the molecule is COc1cccc(CCC(=O)N[C@@H]2CCc3nccn3C2)c1OC. The number of benzene rings is 1. The fourth-order valence-electron chi connectivity index (χ4n) is 3.18. The smallest absolute Gasteiger partial charge is 0.220 e. The van der Waals surface area contributed by atoms with E-state index in [4.69, 9.17) is 9.47 Å². The Morgan fingerprint density at radius 1 is 1.38 bits per heavy atom. The van der Waals surface area contributed by atoms with Crippen molar-refractivity contribution in [3.63, 3.8) is 0 Å². The molecule has 6 heteroatoms. The van der Waals surface area contributed by atoms with Gasteiger partial charge in [0, 0.05) is 37.8 Å². The predicted molar refractivity (Wildman–Crippen MR) is 90.3 cm³/mol. The van der Waals surface area contributed by atoms with Crippen LogP contribution < -0.4 is 14.8 Å². The Morgan fingerprint density at radius 3 is 3.04 bits per heavy atom. The maximum atomic E-state index is 12.3. The molecule has 0 aliphatic carbocycles. The van der Waals surface area contributed by atoms with Crippen LogP contribution in [0.3, 0.4) is 0 Å². The molecule has 1 aliphatic heterocycles. The van der Waals surface area contributed by atoms with E-state index in [0.717, 1.165) is 30.8 Å². The molecule has 1 aromatic heterocycles. The van der Waals surface area contributed by atoms with Crippen molar-refractivity contribution in [3.8, 4) is 11.5 Å². The Bertz CT molecular complexity index is 711. The fourth-order valence-corrected chi connectivity index (χ4v) is 3.18. The van der Waals surface area contributed by atoms with Crippen LogP contribution in [-0.4, -0.2) is 35.7 Å². The highest BCUT2D eigenvalue weighted by Gasteiger charge is 2.20. The van der Waals surface area contributed by atoms with E-state index in [1.54, 1.807) is 14.2 Å². The van der Waals surface area contributed by atoms with Gasteiger partial charge in [-0.2, -0.15) is 0 Å². The second kappa shape index (κ2) is 7.38. The number of fused-ring (bicyclic) bond motifs is 1. The summed E-state index contributed by atoms with van der Waals surface area (Å²) in [5.74, 6) is 2.55. The van der Waals surface area contributed by atoms with Crippen LogP contribution in [0.4, 0.5) is 0 Å². The summed E-state index contributed by atoms with van der Waals surface area (Å²) in [6.45, 7) is 0.795. The van der Waals surface area contributed by atoms with E-state index in [2.05, 4.69) is 14.9 Å². The summed E-state index contributed by atoms with van der Waals surface area (Å²) in [4.78, 5) is 16.6. The standard InChI is InChI=1S/C18H23N3O3/c1-23-15-5-3-4-13(18(15)24-2)6-9-17(22)20-14-7-8-16-19-10-11-21(16)12-14/h3-5,10-11,14H,6-9,12H2,1-2H3,(H,20,22)/t14-/m1/s1. The van der Waals surface area contributed by atoms with Crippen molar-refractivity contribution in [3.05, 3.63) is 42.0 Å². The Kier molecular flexibility index (Phi) is 5.03. The largest absolute Gasteiger partial charge is 0.493 e. The van der Waals surface area contributed by atoms with Gasteiger partial charge in [0.1, 0.15) is 5.82 Å². The molecule has 0 unspecified atom stereocenters. The zero-order valence-electron chi connectivity index (χ0n) is 14.1. The molecule has 0 saturated carbocycles. The number of hydrogen-bond acceptors (Lipinski definition) is 4. The van der Waals surface area contributed by atoms with Gasteiger partial charge in [-0.25, -0.2) is 4.98 Å². The zero-order chi connectivity index (χ0) is 16.9. The molecule has 0 bridgehead atoms. The van der Waals surface area contributed by atoms with Crippen LogP contribution in [0, 0.1) is 0 Å². The van der Waals surface area contributed by atoms with Gasteiger partial charge in [0.05, 0.1) is 14.2 Å². The molecule has 1 N–H and O–H groups in total. The highest BCUT2D eigenvalue weighted by molar-refractivity contribution is 5.76. The number of methoxy groups -OCH3 is 2. The summed E-state index contributed by atoms with van der Waals surface area (Å²) in [5, 5.41) is 3.13. The summed E-state index contributed by atoms with van der Waals surface area (Å²) in [5.41, 5.74) is 0.979. The molecular formula is C18H23N3O3. The Labute approximate surface area is 141 Å². The van der Waals surface area contributed by atoms with Crippen molar-refractivity contribution in [1.82, 2.24) is 14.9 Å². The number of imidazole rings is 1. The number of aryl methyl sites for hydroxylation is 2. The molecular weight excluding hydrogens is 306 g/mol. The molecule has 1 atom stereocenters. The molecule has 3 rings (SSSR count). The van der Waals surface area contributed by atoms with Gasteiger partial charge in [0.2, 0.25) is 5.91 Å². The van der Waals surface area contributed by atoms with Gasteiger partial charge in [-0.15, -0.1) is 0 Å². The second-order valence-electron chi connectivity index (χ2n) is 5.95. The van der Waals surface area contributed by atoms with E-state index in [1.807, 2.05) is 30.6 Å². The molecule has 6 nitrogen and oxygen atoms in total. The number of carbonyl (C=O) groups excluding carboxylic acids is 1. The maximum Gasteiger partial charge on any atom is 0.220 e. The predicted octanol–water partition coefficient (Wildman–Crippen LogP) is 1.96. The number of nitrogens with one attached hydrogen (secondary N) is 1. The Hall–Kier alpha value is -2.50. The zero-order valence-corrected chi connectivity index (χ0v) is 14.1. The highest BCUT2D eigenvalue weighted by atomic mass is 16.5. The van der Waals surface area contributed by atoms with Gasteiger partial charge < -0.3 is 19.4 Å². The average Bonchev–Trinajstić information content (AvgIpc) is 3.07. The second-order valence-corrected chi connectivity index (χ2v) is 5.95. The van der Waals surface area contributed by atoms with E-state index in [1.165, 1.54) is 0 Å². The first kappa shape index (κ1) is 16.4. The van der Waals surface area contributed by atoms with Crippen molar-refractivity contribution >= 4 is 5.91 Å². The summed E-state index contributed by atoms with van der Waals surface area (Å²) in [6, 6.07) is 5.91. The third-order valence-corrected chi connectivity index (χ3v) is 4.41. The fraction of sp³-hybridized carbons (Fsp3) is 0.444. The first-order valence-electron chi connectivity index (χ1n) is 8.20. The van der Waals surface area contributed by atoms with Gasteiger partial charge in [-0.3, -0.25) is 4.79 Å². The van der Waals surface area contributed by atoms with Crippen molar-refractivity contribution in [2.75, 3.05) is 14.2 Å². The third kappa shape index (κ3) is 3.53. The molecule has 128 valence electrons. The normalized spacial score (nSPS) is 16.3. The number of amides is 1. The van der Waals surface area contributed by atoms with E-state index in [0.29, 0.717) is 24.3 Å². The van der Waals surface area contributed by atoms with Crippen molar-refractivity contribution in [2.45, 2.75) is 38.3 Å². The van der Waals surface area contributed by atoms with E-state index < -0.39 is 0 Å². The van der Waals surface area contributed by atoms with Crippen LogP contribution in [0.1, 0.15) is 24.2 Å². The van der Waals surface area contributed by atoms with Crippen LogP contribution in [-0.2, 0) is 24.2 Å². The van der Waals surface area contributed by atoms with E-state index in [-0.39, 0.29) is 11.9 Å². The summed E-state index contributed by atoms with van der Waals surface area (Å²) >= 11 is 0. The Balaban J connectivity index is 1.55. The van der Waals surface area contributed by atoms with Crippen molar-refractivity contribution in [1.29, 1.82) is 0 Å². The van der Waals surface area contributed by atoms with E-state index in [9.17, 15) is 4.79 Å². The minimum absolute atomic E-state index is 0.0634. The summed E-state index contributed by atoms with van der Waals surface area (Å²) < 4.78 is 12.8. The monoisotopic (exact) mass is 329 g/mol. The highest BCUT2D eigenvalue weighted by Crippen LogP contribution is 2.31. The quantitative estimate of drug-likeness (QED) is 0.880. The van der Waals surface area contributed by atoms with Crippen molar-refractivity contribution in [2.24, 2.45) is 0 Å². The molecule has 0 radical (unpaired) electrons. The van der Waals surface area contributed by atoms with Crippen LogP contribution in [0.25, 0.3) is 0 Å². The first-order valence-corrected chi connectivity index (χ1v) is 8.20. The number of hydrogen-bond donors (Lipinski definition) is 1. The lowest BCUT2D eigenvalue weighted by atomic mass is 10.1. The number of aromatic nitrogens is 2. The van der Waals surface area contributed by atoms with Gasteiger partial charge in [0.15, 0.2) is 11.5 Å². The van der Waals surface area contributed by atoms with Gasteiger partial charge in [-0.1, -0.05) is 12.1 Å². The van der Waals surface area contributed by atoms with Crippen LogP contribution >= 0.6 is 0 Å². The lowest BCUT2D eigenvalue weighted by Gasteiger charge is -2.24. The molecule has 0 fully saturated rings. The molecule has 24 heavy (non-hydrogen) atoms. The minimum atomic E-state index is 0.0634. The summed E-state index contributed by atoms with van der Waals surface area (Å²) in [6.07, 6.45) is 6.67. The molecule has 0 spiro atoms. The molecule has 1 aliphatic rings.